The van der Waals surface area contributed by atoms with Crippen LogP contribution in [0.2, 0.25) is 0 Å². The van der Waals surface area contributed by atoms with Crippen LogP contribution < -0.4 is 14.2 Å². The number of β-amino-alcohol motifs (C(OH)–C–C–N with tert-alkyl or cyclic N) is 1. The molecule has 1 N–H and O–H groups in total. The predicted molar refractivity (Wildman–Crippen MR) is 149 cm³/mol. The number of hydrogen-bond acceptors (Lipinski definition) is 7. The second-order valence-electron chi connectivity index (χ2n) is 10.4. The summed E-state index contributed by atoms with van der Waals surface area (Å²) in [6, 6.07) is 11.8. The van der Waals surface area contributed by atoms with E-state index < -0.39 is 5.60 Å². The maximum Gasteiger partial charge on any atom is 0.219 e. The molecular weight excluding hydrogens is 496 g/mol. The summed E-state index contributed by atoms with van der Waals surface area (Å²) >= 11 is 0. The van der Waals surface area contributed by atoms with Crippen molar-refractivity contribution in [3.8, 4) is 17.2 Å². The molecule has 0 bridgehead atoms. The predicted octanol–water partition coefficient (Wildman–Crippen LogP) is 3.45. The summed E-state index contributed by atoms with van der Waals surface area (Å²) in [5.74, 6) is 2.02. The molecule has 210 valence electrons. The molecule has 39 heavy (non-hydrogen) atoms. The van der Waals surface area contributed by atoms with Crippen molar-refractivity contribution >= 4 is 5.91 Å². The van der Waals surface area contributed by atoms with E-state index in [0.717, 1.165) is 24.1 Å². The van der Waals surface area contributed by atoms with Gasteiger partial charge in [0.1, 0.15) is 18.0 Å². The lowest BCUT2D eigenvalue weighted by Crippen LogP contribution is -2.51. The Morgan fingerprint density at radius 3 is 2.62 bits per heavy atom. The van der Waals surface area contributed by atoms with Gasteiger partial charge in [-0.2, -0.15) is 0 Å². The highest BCUT2D eigenvalue weighted by molar-refractivity contribution is 5.73. The van der Waals surface area contributed by atoms with Crippen LogP contribution in [0.4, 0.5) is 0 Å². The topological polar surface area (TPSA) is 89.3 Å². The van der Waals surface area contributed by atoms with Crippen molar-refractivity contribution in [2.75, 3.05) is 46.5 Å². The van der Waals surface area contributed by atoms with Crippen molar-refractivity contribution in [2.45, 2.75) is 45.9 Å². The highest BCUT2D eigenvalue weighted by Crippen LogP contribution is 2.29. The van der Waals surface area contributed by atoms with Gasteiger partial charge in [-0.25, -0.2) is 4.98 Å². The summed E-state index contributed by atoms with van der Waals surface area (Å²) in [7, 11) is 1.64. The van der Waals surface area contributed by atoms with Crippen LogP contribution in [0, 0.1) is 13.8 Å². The molecule has 3 aromatic rings. The van der Waals surface area contributed by atoms with Crippen LogP contribution in [0.3, 0.4) is 0 Å². The first-order valence-electron chi connectivity index (χ1n) is 13.4. The fourth-order valence-electron chi connectivity index (χ4n) is 4.79. The van der Waals surface area contributed by atoms with Crippen molar-refractivity contribution in [3.05, 3.63) is 71.8 Å². The zero-order chi connectivity index (χ0) is 27.8. The van der Waals surface area contributed by atoms with Gasteiger partial charge in [-0.3, -0.25) is 9.69 Å². The Morgan fingerprint density at radius 1 is 1.05 bits per heavy atom. The van der Waals surface area contributed by atoms with Crippen molar-refractivity contribution in [3.63, 3.8) is 0 Å². The summed E-state index contributed by atoms with van der Waals surface area (Å²) in [6.07, 6.45) is 6.35. The average Bonchev–Trinajstić information content (AvgIpc) is 3.37. The van der Waals surface area contributed by atoms with Crippen LogP contribution in [0.15, 0.2) is 55.1 Å². The smallest absolute Gasteiger partial charge is 0.219 e. The van der Waals surface area contributed by atoms with Gasteiger partial charge < -0.3 is 28.8 Å². The Hall–Kier alpha value is -3.56. The molecule has 1 amide bonds. The van der Waals surface area contributed by atoms with Crippen molar-refractivity contribution in [2.24, 2.45) is 0 Å². The molecule has 1 atom stereocenters. The number of rotatable bonds is 11. The molecule has 0 radical (unpaired) electrons. The molecule has 1 aliphatic rings. The van der Waals surface area contributed by atoms with Crippen LogP contribution >= 0.6 is 0 Å². The minimum absolute atomic E-state index is 0.0577. The largest absolute Gasteiger partial charge is 0.493 e. The number of nitrogens with zero attached hydrogens (tertiary/aromatic N) is 4. The van der Waals surface area contributed by atoms with Crippen LogP contribution in [0.5, 0.6) is 17.2 Å². The number of carbonyl (C=O) groups is 1. The molecule has 1 saturated heterocycles. The second-order valence-corrected chi connectivity index (χ2v) is 10.4. The first-order chi connectivity index (χ1) is 18.7. The van der Waals surface area contributed by atoms with Crippen molar-refractivity contribution in [1.82, 2.24) is 19.4 Å². The molecule has 0 saturated carbocycles. The van der Waals surface area contributed by atoms with Gasteiger partial charge in [-0.15, -0.1) is 0 Å². The quantitative estimate of drug-likeness (QED) is 0.376. The second kappa shape index (κ2) is 13.0. The third-order valence-electron chi connectivity index (χ3n) is 7.13. The maximum absolute atomic E-state index is 12.3. The van der Waals surface area contributed by atoms with Gasteiger partial charge in [-0.1, -0.05) is 12.1 Å². The van der Waals surface area contributed by atoms with Gasteiger partial charge in [0.25, 0.3) is 0 Å². The maximum atomic E-state index is 12.3. The standard InChI is InChI=1S/C30H40N4O5/c1-23-6-8-27(16-24(23)2)39-21-30(36)19-33(13-14-34(20-30)25(3)35)18-26-7-9-28(29(17-26)37-4)38-15-5-11-32-12-10-31-22-32/h6-10,12,16-17,22,36H,5,11,13-15,18-21H2,1-4H3/t30-/m0/s1. The lowest BCUT2D eigenvalue weighted by molar-refractivity contribution is -0.132. The Balaban J connectivity index is 1.40. The zero-order valence-corrected chi connectivity index (χ0v) is 23.4. The number of aryl methyl sites for hydroxylation is 3. The molecular formula is C30H40N4O5. The number of benzene rings is 2. The summed E-state index contributed by atoms with van der Waals surface area (Å²) in [5, 5.41) is 11.6. The molecule has 0 spiro atoms. The lowest BCUT2D eigenvalue weighted by atomic mass is 10.0. The monoisotopic (exact) mass is 536 g/mol. The van der Waals surface area contributed by atoms with E-state index in [4.69, 9.17) is 14.2 Å². The first-order valence-corrected chi connectivity index (χ1v) is 13.4. The van der Waals surface area contributed by atoms with Gasteiger partial charge in [-0.05, 0) is 61.2 Å². The molecule has 9 nitrogen and oxygen atoms in total. The number of carbonyl (C=O) groups excluding carboxylic acids is 1. The fourth-order valence-corrected chi connectivity index (χ4v) is 4.79. The van der Waals surface area contributed by atoms with E-state index in [2.05, 4.69) is 16.8 Å². The Morgan fingerprint density at radius 2 is 1.90 bits per heavy atom. The molecule has 2 heterocycles. The SMILES string of the molecule is COc1cc(CN2CCN(C(C)=O)C[C@](O)(COc3ccc(C)c(C)c3)C2)ccc1OCCCn1ccnc1. The molecule has 2 aromatic carbocycles. The van der Waals surface area contributed by atoms with E-state index in [-0.39, 0.29) is 19.1 Å². The summed E-state index contributed by atoms with van der Waals surface area (Å²) in [6.45, 7) is 9.48. The minimum Gasteiger partial charge on any atom is -0.493 e. The van der Waals surface area contributed by atoms with Crippen molar-refractivity contribution in [1.29, 1.82) is 0 Å². The number of methoxy groups -OCH3 is 1. The summed E-state index contributed by atoms with van der Waals surface area (Å²) < 4.78 is 19.7. The van der Waals surface area contributed by atoms with Gasteiger partial charge in [0.15, 0.2) is 11.5 Å². The van der Waals surface area contributed by atoms with E-state index in [1.165, 1.54) is 5.56 Å². The van der Waals surface area contributed by atoms with Crippen molar-refractivity contribution < 1.29 is 24.1 Å². The lowest BCUT2D eigenvalue weighted by Gasteiger charge is -2.33. The normalized spacial score (nSPS) is 18.0. The molecule has 4 rings (SSSR count). The molecule has 0 aliphatic carbocycles. The van der Waals surface area contributed by atoms with E-state index in [1.54, 1.807) is 31.5 Å². The highest BCUT2D eigenvalue weighted by atomic mass is 16.5. The Labute approximate surface area is 230 Å². The van der Waals surface area contributed by atoms with Crippen LogP contribution in [0.1, 0.15) is 30.0 Å². The number of aliphatic hydroxyl groups is 1. The van der Waals surface area contributed by atoms with Crippen LogP contribution in [-0.2, 0) is 17.9 Å². The minimum atomic E-state index is -1.22. The summed E-state index contributed by atoms with van der Waals surface area (Å²) in [5.41, 5.74) is 2.13. The number of imidazole rings is 1. The van der Waals surface area contributed by atoms with Gasteiger partial charge >= 0.3 is 0 Å². The number of hydrogen-bond donors (Lipinski definition) is 1. The summed E-state index contributed by atoms with van der Waals surface area (Å²) in [4.78, 5) is 20.2. The van der Waals surface area contributed by atoms with Gasteiger partial charge in [0.05, 0.1) is 26.6 Å². The number of amides is 1. The number of aromatic nitrogens is 2. The molecule has 1 aromatic heterocycles. The molecule has 9 heteroatoms. The average molecular weight is 537 g/mol. The van der Waals surface area contributed by atoms with Gasteiger partial charge in [0, 0.05) is 52.0 Å². The molecule has 1 fully saturated rings. The third kappa shape index (κ3) is 7.97. The van der Waals surface area contributed by atoms with E-state index in [1.807, 2.05) is 54.1 Å². The van der Waals surface area contributed by atoms with E-state index in [9.17, 15) is 9.90 Å². The van der Waals surface area contributed by atoms with Crippen LogP contribution in [0.25, 0.3) is 0 Å². The van der Waals surface area contributed by atoms with Gasteiger partial charge in [0.2, 0.25) is 5.91 Å². The highest BCUT2D eigenvalue weighted by Gasteiger charge is 2.37. The number of ether oxygens (including phenoxy) is 3. The third-order valence-corrected chi connectivity index (χ3v) is 7.13. The molecule has 1 aliphatic heterocycles. The fraction of sp³-hybridized carbons (Fsp3) is 0.467. The Bertz CT molecular complexity index is 1230. The first kappa shape index (κ1) is 28.4. The molecule has 0 unspecified atom stereocenters. The van der Waals surface area contributed by atoms with E-state index in [0.29, 0.717) is 50.0 Å². The van der Waals surface area contributed by atoms with E-state index >= 15 is 0 Å². The zero-order valence-electron chi connectivity index (χ0n) is 23.4. The Kier molecular flexibility index (Phi) is 9.48. The van der Waals surface area contributed by atoms with Crippen LogP contribution in [-0.4, -0.2) is 82.5 Å².